The minimum atomic E-state index is -0.235. The third-order valence-corrected chi connectivity index (χ3v) is 3.45. The molecule has 3 rings (SSSR count). The fourth-order valence-electron chi connectivity index (χ4n) is 2.24. The number of aromatic nitrogens is 4. The SMILES string of the molecule is Cn1c(Cc2ccc(=O)[nH]n2)ccc1C(=O)c1ccccn1. The molecule has 0 saturated heterocycles. The van der Waals surface area contributed by atoms with Crippen LogP contribution < -0.4 is 5.56 Å². The molecule has 0 amide bonds. The van der Waals surface area contributed by atoms with E-state index in [1.54, 1.807) is 36.5 Å². The zero-order valence-corrected chi connectivity index (χ0v) is 12.0. The molecule has 0 fully saturated rings. The number of ketones is 1. The third-order valence-electron chi connectivity index (χ3n) is 3.45. The Labute approximate surface area is 126 Å². The lowest BCUT2D eigenvalue weighted by molar-refractivity contribution is 0.102. The van der Waals surface area contributed by atoms with Gasteiger partial charge in [-0.3, -0.25) is 14.6 Å². The van der Waals surface area contributed by atoms with E-state index in [2.05, 4.69) is 15.2 Å². The first-order chi connectivity index (χ1) is 10.6. The molecule has 1 N–H and O–H groups in total. The van der Waals surface area contributed by atoms with Crippen LogP contribution in [0.25, 0.3) is 0 Å². The van der Waals surface area contributed by atoms with Gasteiger partial charge in [-0.1, -0.05) is 6.07 Å². The van der Waals surface area contributed by atoms with Gasteiger partial charge in [-0.25, -0.2) is 5.10 Å². The lowest BCUT2D eigenvalue weighted by atomic mass is 10.2. The molecule has 0 aliphatic carbocycles. The van der Waals surface area contributed by atoms with Gasteiger partial charge in [-0.2, -0.15) is 5.10 Å². The predicted molar refractivity (Wildman–Crippen MR) is 80.7 cm³/mol. The van der Waals surface area contributed by atoms with Gasteiger partial charge in [0.2, 0.25) is 5.78 Å². The number of H-pyrrole nitrogens is 1. The smallest absolute Gasteiger partial charge is 0.264 e. The van der Waals surface area contributed by atoms with Crippen molar-refractivity contribution in [1.82, 2.24) is 19.7 Å². The molecule has 0 aliphatic heterocycles. The van der Waals surface area contributed by atoms with Crippen LogP contribution in [0.5, 0.6) is 0 Å². The van der Waals surface area contributed by atoms with Crippen molar-refractivity contribution in [1.29, 1.82) is 0 Å². The topological polar surface area (TPSA) is 80.6 Å². The Hall–Kier alpha value is -3.02. The fraction of sp³-hybridized carbons (Fsp3) is 0.125. The summed E-state index contributed by atoms with van der Waals surface area (Å²) in [6.45, 7) is 0. The highest BCUT2D eigenvalue weighted by Crippen LogP contribution is 2.14. The van der Waals surface area contributed by atoms with Gasteiger partial charge in [0.25, 0.3) is 5.56 Å². The lowest BCUT2D eigenvalue weighted by Gasteiger charge is -2.06. The molecule has 0 atom stereocenters. The van der Waals surface area contributed by atoms with Gasteiger partial charge in [0.15, 0.2) is 0 Å². The Morgan fingerprint density at radius 3 is 2.73 bits per heavy atom. The number of carbonyl (C=O) groups excluding carboxylic acids is 1. The summed E-state index contributed by atoms with van der Waals surface area (Å²) >= 11 is 0. The molecule has 0 radical (unpaired) electrons. The summed E-state index contributed by atoms with van der Waals surface area (Å²) in [6.07, 6.45) is 2.13. The molecule has 0 saturated carbocycles. The van der Waals surface area contributed by atoms with Crippen molar-refractivity contribution in [2.75, 3.05) is 0 Å². The molecular weight excluding hydrogens is 280 g/mol. The van der Waals surface area contributed by atoms with Gasteiger partial charge >= 0.3 is 0 Å². The van der Waals surface area contributed by atoms with Crippen molar-refractivity contribution in [3.05, 3.63) is 81.8 Å². The summed E-state index contributed by atoms with van der Waals surface area (Å²) in [5, 5.41) is 6.38. The summed E-state index contributed by atoms with van der Waals surface area (Å²) in [6, 6.07) is 12.0. The number of rotatable bonds is 4. The highest BCUT2D eigenvalue weighted by atomic mass is 16.1. The number of nitrogens with one attached hydrogen (secondary N) is 1. The monoisotopic (exact) mass is 294 g/mol. The van der Waals surface area contributed by atoms with Gasteiger partial charge in [0.05, 0.1) is 11.4 Å². The quantitative estimate of drug-likeness (QED) is 0.736. The van der Waals surface area contributed by atoms with E-state index in [1.165, 1.54) is 6.07 Å². The minimum absolute atomic E-state index is 0.122. The summed E-state index contributed by atoms with van der Waals surface area (Å²) in [5.41, 5.74) is 2.41. The Morgan fingerprint density at radius 1 is 1.18 bits per heavy atom. The van der Waals surface area contributed by atoms with E-state index in [0.29, 0.717) is 17.8 Å². The molecule has 3 aromatic heterocycles. The Balaban J connectivity index is 1.87. The first-order valence-electron chi connectivity index (χ1n) is 6.80. The van der Waals surface area contributed by atoms with Gasteiger partial charge in [-0.15, -0.1) is 0 Å². The molecule has 0 unspecified atom stereocenters. The second-order valence-electron chi connectivity index (χ2n) is 4.90. The Morgan fingerprint density at radius 2 is 2.05 bits per heavy atom. The van der Waals surface area contributed by atoms with E-state index < -0.39 is 0 Å². The zero-order chi connectivity index (χ0) is 15.5. The molecule has 6 heteroatoms. The van der Waals surface area contributed by atoms with Crippen molar-refractivity contribution in [2.45, 2.75) is 6.42 Å². The maximum absolute atomic E-state index is 12.4. The second-order valence-corrected chi connectivity index (χ2v) is 4.90. The van der Waals surface area contributed by atoms with E-state index >= 15 is 0 Å². The molecule has 0 aliphatic rings. The molecule has 22 heavy (non-hydrogen) atoms. The third kappa shape index (κ3) is 2.71. The van der Waals surface area contributed by atoms with Gasteiger partial charge in [0, 0.05) is 31.4 Å². The largest absolute Gasteiger partial charge is 0.345 e. The minimum Gasteiger partial charge on any atom is -0.345 e. The Bertz CT molecular complexity index is 845. The van der Waals surface area contributed by atoms with E-state index in [-0.39, 0.29) is 11.3 Å². The average molecular weight is 294 g/mol. The molecule has 3 heterocycles. The van der Waals surface area contributed by atoms with Crippen molar-refractivity contribution < 1.29 is 4.79 Å². The van der Waals surface area contributed by atoms with E-state index in [1.807, 2.05) is 17.7 Å². The van der Waals surface area contributed by atoms with Crippen LogP contribution in [0.3, 0.4) is 0 Å². The van der Waals surface area contributed by atoms with Gasteiger partial charge < -0.3 is 4.57 Å². The number of hydrogen-bond acceptors (Lipinski definition) is 4. The first-order valence-corrected chi connectivity index (χ1v) is 6.80. The molecular formula is C16H14N4O2. The summed E-state index contributed by atoms with van der Waals surface area (Å²) in [5.74, 6) is -0.122. The number of carbonyl (C=O) groups is 1. The van der Waals surface area contributed by atoms with Crippen LogP contribution in [0.2, 0.25) is 0 Å². The van der Waals surface area contributed by atoms with Crippen LogP contribution >= 0.6 is 0 Å². The lowest BCUT2D eigenvalue weighted by Crippen LogP contribution is -2.12. The molecule has 6 nitrogen and oxygen atoms in total. The van der Waals surface area contributed by atoms with Crippen molar-refractivity contribution in [3.8, 4) is 0 Å². The van der Waals surface area contributed by atoms with E-state index in [9.17, 15) is 9.59 Å². The number of pyridine rings is 1. The summed E-state index contributed by atoms with van der Waals surface area (Å²) < 4.78 is 1.82. The standard InChI is InChI=1S/C16H14N4O2/c1-20-12(10-11-5-8-15(21)19-18-11)6-7-14(20)16(22)13-4-2-3-9-17-13/h2-9H,10H2,1H3,(H,19,21). The maximum atomic E-state index is 12.4. The molecule has 0 spiro atoms. The maximum Gasteiger partial charge on any atom is 0.264 e. The van der Waals surface area contributed by atoms with Crippen molar-refractivity contribution in [2.24, 2.45) is 7.05 Å². The number of aromatic amines is 1. The number of hydrogen-bond donors (Lipinski definition) is 1. The highest BCUT2D eigenvalue weighted by Gasteiger charge is 2.15. The average Bonchev–Trinajstić information content (AvgIpc) is 2.91. The summed E-state index contributed by atoms with van der Waals surface area (Å²) in [4.78, 5) is 27.5. The van der Waals surface area contributed by atoms with Gasteiger partial charge in [0.1, 0.15) is 5.69 Å². The molecule has 0 bridgehead atoms. The highest BCUT2D eigenvalue weighted by molar-refractivity contribution is 6.06. The first kappa shape index (κ1) is 13.9. The predicted octanol–water partition coefficient (Wildman–Crippen LogP) is 1.33. The van der Waals surface area contributed by atoms with Crippen LogP contribution in [0.15, 0.2) is 53.5 Å². The zero-order valence-electron chi connectivity index (χ0n) is 12.0. The van der Waals surface area contributed by atoms with Crippen LogP contribution in [0.1, 0.15) is 27.6 Å². The summed E-state index contributed by atoms with van der Waals surface area (Å²) in [7, 11) is 1.83. The normalized spacial score (nSPS) is 10.6. The van der Waals surface area contributed by atoms with E-state index in [0.717, 1.165) is 11.4 Å². The molecule has 110 valence electrons. The Kier molecular flexibility index (Phi) is 3.65. The second kappa shape index (κ2) is 5.77. The molecule has 3 aromatic rings. The van der Waals surface area contributed by atoms with Crippen LogP contribution in [0, 0.1) is 0 Å². The number of nitrogens with zero attached hydrogens (tertiary/aromatic N) is 3. The van der Waals surface area contributed by atoms with Crippen LogP contribution in [0.4, 0.5) is 0 Å². The van der Waals surface area contributed by atoms with Crippen LogP contribution in [-0.2, 0) is 13.5 Å². The van der Waals surface area contributed by atoms with Crippen molar-refractivity contribution in [3.63, 3.8) is 0 Å². The van der Waals surface area contributed by atoms with Gasteiger partial charge in [-0.05, 0) is 30.3 Å². The fourth-order valence-corrected chi connectivity index (χ4v) is 2.24. The van der Waals surface area contributed by atoms with Crippen LogP contribution in [-0.4, -0.2) is 25.5 Å². The van der Waals surface area contributed by atoms with Crippen molar-refractivity contribution >= 4 is 5.78 Å². The van der Waals surface area contributed by atoms with E-state index in [4.69, 9.17) is 0 Å². The molecule has 0 aromatic carbocycles.